The van der Waals surface area contributed by atoms with Crippen molar-refractivity contribution in [3.63, 3.8) is 0 Å². The Hall–Kier alpha value is -1.71. The number of carbonyl (C=O) groups is 1. The Labute approximate surface area is 103 Å². The van der Waals surface area contributed by atoms with Gasteiger partial charge in [-0.15, -0.1) is 0 Å². The molecule has 4 heteroatoms. The Morgan fingerprint density at radius 1 is 1.29 bits per heavy atom. The predicted octanol–water partition coefficient (Wildman–Crippen LogP) is 3.07. The molecule has 1 aromatic rings. The standard InChI is InChI=1S/C9H9NO.C3H8.CH3NO/c1-10-6-7-4-2-3-5-8(7)9(10)11;1-3-2;1-2-3/h2-5H,6H2,1H3;3H2,1-2H3;1H3. The summed E-state index contributed by atoms with van der Waals surface area (Å²) in [6, 6.07) is 7.74. The molecular weight excluding hydrogens is 216 g/mol. The van der Waals surface area contributed by atoms with E-state index in [1.165, 1.54) is 13.5 Å². The van der Waals surface area contributed by atoms with Crippen molar-refractivity contribution in [1.29, 1.82) is 0 Å². The number of carbonyl (C=O) groups excluding carboxylic acids is 1. The molecule has 4 nitrogen and oxygen atoms in total. The quantitative estimate of drug-likeness (QED) is 0.650. The van der Waals surface area contributed by atoms with Crippen molar-refractivity contribution in [1.82, 2.24) is 4.90 Å². The number of benzene rings is 1. The van der Waals surface area contributed by atoms with Crippen LogP contribution in [0.5, 0.6) is 0 Å². The van der Waals surface area contributed by atoms with Gasteiger partial charge in [-0.3, -0.25) is 4.79 Å². The molecule has 0 saturated heterocycles. The lowest BCUT2D eigenvalue weighted by Crippen LogP contribution is -2.17. The van der Waals surface area contributed by atoms with E-state index < -0.39 is 0 Å². The van der Waals surface area contributed by atoms with Crippen LogP contribution in [0.25, 0.3) is 0 Å². The zero-order valence-electron chi connectivity index (χ0n) is 10.9. The van der Waals surface area contributed by atoms with Crippen molar-refractivity contribution in [3.05, 3.63) is 40.3 Å². The zero-order valence-corrected chi connectivity index (χ0v) is 10.9. The van der Waals surface area contributed by atoms with E-state index in [0.29, 0.717) is 0 Å². The maximum atomic E-state index is 11.3. The van der Waals surface area contributed by atoms with Crippen molar-refractivity contribution in [2.45, 2.75) is 26.8 Å². The minimum atomic E-state index is 0.139. The van der Waals surface area contributed by atoms with Gasteiger partial charge in [0.15, 0.2) is 0 Å². The van der Waals surface area contributed by atoms with Crippen molar-refractivity contribution in [2.75, 3.05) is 14.1 Å². The van der Waals surface area contributed by atoms with Crippen molar-refractivity contribution >= 4 is 5.91 Å². The topological polar surface area (TPSA) is 49.7 Å². The molecule has 0 atom stereocenters. The van der Waals surface area contributed by atoms with Crippen LogP contribution in [0.4, 0.5) is 0 Å². The second-order valence-corrected chi connectivity index (χ2v) is 3.71. The normalized spacial score (nSPS) is 11.8. The lowest BCUT2D eigenvalue weighted by Gasteiger charge is -2.04. The predicted molar refractivity (Wildman–Crippen MR) is 69.9 cm³/mol. The summed E-state index contributed by atoms with van der Waals surface area (Å²) in [4.78, 5) is 21.6. The van der Waals surface area contributed by atoms with Gasteiger partial charge in [-0.05, 0) is 11.6 Å². The van der Waals surface area contributed by atoms with Gasteiger partial charge in [-0.25, -0.2) is 0 Å². The summed E-state index contributed by atoms with van der Waals surface area (Å²) in [6.07, 6.45) is 1.25. The highest BCUT2D eigenvalue weighted by Gasteiger charge is 2.22. The molecule has 0 aromatic heterocycles. The van der Waals surface area contributed by atoms with Gasteiger partial charge in [-0.1, -0.05) is 43.6 Å². The molecule has 0 aliphatic carbocycles. The van der Waals surface area contributed by atoms with Crippen LogP contribution in [-0.4, -0.2) is 24.9 Å². The fourth-order valence-electron chi connectivity index (χ4n) is 1.40. The lowest BCUT2D eigenvalue weighted by molar-refractivity contribution is 0.0816. The van der Waals surface area contributed by atoms with Gasteiger partial charge in [-0.2, -0.15) is 4.91 Å². The first-order valence-electron chi connectivity index (χ1n) is 5.67. The minimum Gasteiger partial charge on any atom is -0.337 e. The second-order valence-electron chi connectivity index (χ2n) is 3.71. The number of nitroso groups, excluding NO2 is 1. The van der Waals surface area contributed by atoms with Gasteiger partial charge in [0.2, 0.25) is 0 Å². The molecule has 0 saturated carbocycles. The second kappa shape index (κ2) is 8.44. The Bertz CT molecular complexity index is 364. The highest BCUT2D eigenvalue weighted by Crippen LogP contribution is 2.19. The van der Waals surface area contributed by atoms with Crippen LogP contribution in [0, 0.1) is 4.91 Å². The van der Waals surface area contributed by atoms with E-state index in [2.05, 4.69) is 19.0 Å². The van der Waals surface area contributed by atoms with E-state index in [1.807, 2.05) is 31.3 Å². The van der Waals surface area contributed by atoms with E-state index in [9.17, 15) is 4.79 Å². The van der Waals surface area contributed by atoms with E-state index in [-0.39, 0.29) is 5.91 Å². The third-order valence-electron chi connectivity index (χ3n) is 2.00. The van der Waals surface area contributed by atoms with Crippen LogP contribution in [0.2, 0.25) is 0 Å². The van der Waals surface area contributed by atoms with E-state index >= 15 is 0 Å². The van der Waals surface area contributed by atoms with Crippen molar-refractivity contribution < 1.29 is 4.79 Å². The highest BCUT2D eigenvalue weighted by molar-refractivity contribution is 5.98. The largest absolute Gasteiger partial charge is 0.337 e. The number of fused-ring (bicyclic) bond motifs is 1. The molecule has 1 heterocycles. The monoisotopic (exact) mass is 236 g/mol. The van der Waals surface area contributed by atoms with Gasteiger partial charge in [0, 0.05) is 19.2 Å². The van der Waals surface area contributed by atoms with Crippen molar-refractivity contribution in [2.24, 2.45) is 5.18 Å². The Morgan fingerprint density at radius 2 is 1.76 bits per heavy atom. The van der Waals surface area contributed by atoms with Crippen LogP contribution < -0.4 is 0 Å². The average molecular weight is 236 g/mol. The minimum absolute atomic E-state index is 0.139. The molecule has 2 rings (SSSR count). The number of amides is 1. The summed E-state index contributed by atoms with van der Waals surface area (Å²) in [5.74, 6) is 0.139. The van der Waals surface area contributed by atoms with Gasteiger partial charge in [0.1, 0.15) is 0 Å². The molecule has 0 unspecified atom stereocenters. The summed E-state index contributed by atoms with van der Waals surface area (Å²) in [5, 5.41) is 2.25. The van der Waals surface area contributed by atoms with Gasteiger partial charge in [0.05, 0.1) is 7.05 Å². The Kier molecular flexibility index (Phi) is 7.59. The highest BCUT2D eigenvalue weighted by atomic mass is 16.2. The molecule has 0 spiro atoms. The van der Waals surface area contributed by atoms with Crippen molar-refractivity contribution in [3.8, 4) is 0 Å². The van der Waals surface area contributed by atoms with Crippen LogP contribution in [0.3, 0.4) is 0 Å². The summed E-state index contributed by atoms with van der Waals surface area (Å²) in [6.45, 7) is 5.01. The first-order chi connectivity index (χ1) is 8.12. The molecule has 0 fully saturated rings. The van der Waals surface area contributed by atoms with Crippen LogP contribution in [0.15, 0.2) is 29.4 Å². The first-order valence-corrected chi connectivity index (χ1v) is 5.67. The van der Waals surface area contributed by atoms with Gasteiger partial charge in [0.25, 0.3) is 5.91 Å². The molecule has 0 bridgehead atoms. The maximum Gasteiger partial charge on any atom is 0.254 e. The number of rotatable bonds is 0. The smallest absolute Gasteiger partial charge is 0.254 e. The van der Waals surface area contributed by atoms with E-state index in [1.54, 1.807) is 4.90 Å². The van der Waals surface area contributed by atoms with Gasteiger partial charge < -0.3 is 4.90 Å². The zero-order chi connectivity index (χ0) is 13.3. The average Bonchev–Trinajstić information content (AvgIpc) is 2.58. The molecule has 17 heavy (non-hydrogen) atoms. The van der Waals surface area contributed by atoms with Gasteiger partial charge >= 0.3 is 0 Å². The Morgan fingerprint density at radius 3 is 2.24 bits per heavy atom. The van der Waals surface area contributed by atoms with Crippen LogP contribution in [0.1, 0.15) is 36.2 Å². The molecule has 1 aromatic carbocycles. The lowest BCUT2D eigenvalue weighted by atomic mass is 10.1. The number of hydrogen-bond acceptors (Lipinski definition) is 3. The summed E-state index contributed by atoms with van der Waals surface area (Å²) >= 11 is 0. The fourth-order valence-corrected chi connectivity index (χ4v) is 1.40. The number of hydrogen-bond donors (Lipinski definition) is 0. The Balaban J connectivity index is 0.000000366. The van der Waals surface area contributed by atoms with Crippen LogP contribution in [-0.2, 0) is 6.54 Å². The summed E-state index contributed by atoms with van der Waals surface area (Å²) in [7, 11) is 3.02. The molecule has 1 aliphatic heterocycles. The first kappa shape index (κ1) is 15.3. The molecule has 1 amide bonds. The summed E-state index contributed by atoms with van der Waals surface area (Å²) < 4.78 is 0. The third-order valence-corrected chi connectivity index (χ3v) is 2.00. The SMILES string of the molecule is CCC.CN1Cc2ccccc2C1=O.CN=O. The summed E-state index contributed by atoms with van der Waals surface area (Å²) in [5.41, 5.74) is 2.00. The molecule has 0 radical (unpaired) electrons. The molecular formula is C13H20N2O2. The maximum absolute atomic E-state index is 11.3. The molecule has 94 valence electrons. The molecule has 0 N–H and O–H groups in total. The number of nitrogens with zero attached hydrogens (tertiary/aromatic N) is 2. The third kappa shape index (κ3) is 4.76. The molecule has 1 aliphatic rings. The van der Waals surface area contributed by atoms with E-state index in [4.69, 9.17) is 4.91 Å². The fraction of sp³-hybridized carbons (Fsp3) is 0.462. The van der Waals surface area contributed by atoms with Crippen LogP contribution >= 0.6 is 0 Å². The van der Waals surface area contributed by atoms with E-state index in [0.717, 1.165) is 17.7 Å².